The summed E-state index contributed by atoms with van der Waals surface area (Å²) in [5.41, 5.74) is 11.4. The fourth-order valence-electron chi connectivity index (χ4n) is 13.2. The summed E-state index contributed by atoms with van der Waals surface area (Å²) in [6.45, 7) is 7.43. The summed E-state index contributed by atoms with van der Waals surface area (Å²) < 4.78 is 39.4. The van der Waals surface area contributed by atoms with Crippen molar-refractivity contribution in [3.8, 4) is 28.7 Å². The van der Waals surface area contributed by atoms with E-state index in [-0.39, 0.29) is 48.6 Å². The highest BCUT2D eigenvalue weighted by molar-refractivity contribution is 6.30. The van der Waals surface area contributed by atoms with Crippen molar-refractivity contribution in [2.24, 2.45) is 32.7 Å². The fraction of sp³-hybridized carbons (Fsp3) is 0.220. The number of aliphatic imine (C=N–C) groups is 3. The van der Waals surface area contributed by atoms with Gasteiger partial charge in [0, 0.05) is 107 Å². The minimum atomic E-state index is -0.593. The molecule has 14 aromatic rings. The first kappa shape index (κ1) is 93.6. The number of hydrogen-bond acceptors (Lipinski definition) is 37. The number of carboxylic acid groups (broad SMARTS) is 1. The van der Waals surface area contributed by atoms with Crippen LogP contribution in [0.15, 0.2) is 193 Å². The van der Waals surface area contributed by atoms with Crippen molar-refractivity contribution in [3.63, 3.8) is 0 Å². The zero-order chi connectivity index (χ0) is 94.9. The Kier molecular flexibility index (Phi) is 31.0. The lowest BCUT2D eigenvalue weighted by molar-refractivity contribution is -0.123. The molecule has 5 aromatic carbocycles. The van der Waals surface area contributed by atoms with Gasteiger partial charge in [-0.3, -0.25) is 34.2 Å². The summed E-state index contributed by atoms with van der Waals surface area (Å²) in [5, 5.41) is 47.7. The Morgan fingerprint density at radius 1 is 0.415 bits per heavy atom. The van der Waals surface area contributed by atoms with Crippen molar-refractivity contribution in [2.45, 2.75) is 66.1 Å². The molecule has 690 valence electrons. The molecule has 2 saturated carbocycles. The number of carbonyl (C=O) groups excluding carboxylic acids is 5. The molecule has 0 spiro atoms. The molecule has 0 radical (unpaired) electrons. The minimum absolute atomic E-state index is 0.0278. The number of nitrogens with one attached hydrogen (secondary N) is 10. The molecule has 3 amide bonds. The predicted molar refractivity (Wildman–Crippen MR) is 507 cm³/mol. The molecule has 2 fully saturated rings. The van der Waals surface area contributed by atoms with E-state index in [0.29, 0.717) is 134 Å². The maximum atomic E-state index is 12.0. The van der Waals surface area contributed by atoms with Gasteiger partial charge in [0.15, 0.2) is 0 Å². The van der Waals surface area contributed by atoms with Crippen LogP contribution >= 0.6 is 11.6 Å². The second-order valence-corrected chi connectivity index (χ2v) is 30.3. The molecule has 0 atom stereocenters. The first-order valence-electron chi connectivity index (χ1n) is 41.7. The van der Waals surface area contributed by atoms with Crippen molar-refractivity contribution in [2.75, 3.05) is 102 Å². The number of ether oxygens (including phenoxy) is 7. The number of rotatable bonds is 26. The smallest absolute Gasteiger partial charge is 0.435 e. The van der Waals surface area contributed by atoms with Crippen molar-refractivity contribution in [3.05, 3.63) is 216 Å². The number of halogens is 1. The normalized spacial score (nSPS) is 12.3. The first-order chi connectivity index (χ1) is 65.7. The minimum Gasteiger partial charge on any atom is -0.495 e. The zero-order valence-corrected chi connectivity index (χ0v) is 74.8. The fourth-order valence-corrected chi connectivity index (χ4v) is 13.3. The second kappa shape index (κ2) is 44.7. The highest BCUT2D eigenvalue weighted by atomic mass is 35.5. The molecule has 2 aliphatic carbocycles. The molecule has 135 heavy (non-hydrogen) atoms. The predicted octanol–water partition coefficient (Wildman–Crippen LogP) is 15.2. The van der Waals surface area contributed by atoms with E-state index in [2.05, 4.69) is 138 Å². The highest BCUT2D eigenvalue weighted by Gasteiger charge is 2.32. The quantitative estimate of drug-likeness (QED) is 0.0224. The summed E-state index contributed by atoms with van der Waals surface area (Å²) >= 11 is 5.98. The number of carbonyl (C=O) groups is 6. The van der Waals surface area contributed by atoms with Gasteiger partial charge in [-0.05, 0) is 139 Å². The molecule has 0 unspecified atom stereocenters. The van der Waals surface area contributed by atoms with Gasteiger partial charge < -0.3 is 91.4 Å². The number of anilines is 17. The SMILES string of the molecule is CCOC(=O)n1ncc2cc(Nc3cc(NC(=O)C4CC4)ncn3)c(OC)cc21.COC(=O)n1ncc2cc(Nc3cc(NC(=O)C4CC4)ncn3)c(OC)cc21.COc1cc2c(cc1Nc1cc(NC(=O)C(C)C)ncn1)C=NC2.COc1cc2c(cc1Nc1cc(Nc3cc(Cl)ccn3)ncn1)C=NC2.COc1cc2c(cc1Nc1cc(Nc3ccccn3)ncn1)C=NC2.O=CO. The summed E-state index contributed by atoms with van der Waals surface area (Å²) in [4.78, 5) is 131. The molecular formula is C91H90ClN29O14. The lowest BCUT2D eigenvalue weighted by Crippen LogP contribution is -2.18. The lowest BCUT2D eigenvalue weighted by Gasteiger charge is -2.13. The monoisotopic (exact) mass is 1850 g/mol. The molecule has 12 heterocycles. The molecule has 43 nitrogen and oxygen atoms in total. The summed E-state index contributed by atoms with van der Waals surface area (Å²) in [6.07, 6.45) is 21.7. The number of aromatic nitrogens is 16. The summed E-state index contributed by atoms with van der Waals surface area (Å²) in [5.74, 6) is 9.77. The Balaban J connectivity index is 0.000000134. The van der Waals surface area contributed by atoms with Crippen LogP contribution in [0.4, 0.5) is 108 Å². The van der Waals surface area contributed by atoms with Crippen LogP contribution in [0, 0.1) is 17.8 Å². The Morgan fingerprint density at radius 2 is 0.756 bits per heavy atom. The second-order valence-electron chi connectivity index (χ2n) is 29.8. The zero-order valence-electron chi connectivity index (χ0n) is 74.1. The van der Waals surface area contributed by atoms with Crippen molar-refractivity contribution in [1.82, 2.24) is 79.4 Å². The van der Waals surface area contributed by atoms with E-state index < -0.39 is 12.2 Å². The number of pyridine rings is 2. The largest absolute Gasteiger partial charge is 0.495 e. The van der Waals surface area contributed by atoms with E-state index in [4.69, 9.17) is 54.7 Å². The maximum Gasteiger partial charge on any atom is 0.435 e. The average molecular weight is 1850 g/mol. The summed E-state index contributed by atoms with van der Waals surface area (Å²) in [6, 6.07) is 36.5. The molecule has 0 bridgehead atoms. The third kappa shape index (κ3) is 24.9. The van der Waals surface area contributed by atoms with Gasteiger partial charge in [0.05, 0.1) is 121 Å². The molecule has 19 rings (SSSR count). The van der Waals surface area contributed by atoms with Gasteiger partial charge in [-0.15, -0.1) is 0 Å². The maximum absolute atomic E-state index is 12.0. The van der Waals surface area contributed by atoms with E-state index in [1.807, 2.05) is 93.2 Å². The van der Waals surface area contributed by atoms with Crippen molar-refractivity contribution < 1.29 is 67.0 Å². The third-order valence-electron chi connectivity index (χ3n) is 20.1. The van der Waals surface area contributed by atoms with Gasteiger partial charge in [-0.25, -0.2) is 69.4 Å². The Labute approximate surface area is 775 Å². The van der Waals surface area contributed by atoms with Crippen molar-refractivity contribution >= 4 is 187 Å². The van der Waals surface area contributed by atoms with Crippen LogP contribution in [0.3, 0.4) is 0 Å². The van der Waals surface area contributed by atoms with Crippen LogP contribution in [0.2, 0.25) is 5.02 Å². The van der Waals surface area contributed by atoms with E-state index in [1.54, 1.807) is 114 Å². The lowest BCUT2D eigenvalue weighted by atomic mass is 10.1. The first-order valence-corrected chi connectivity index (χ1v) is 42.1. The number of hydrogen-bond donors (Lipinski definition) is 11. The van der Waals surface area contributed by atoms with Crippen LogP contribution in [-0.2, 0) is 48.3 Å². The van der Waals surface area contributed by atoms with E-state index in [0.717, 1.165) is 104 Å². The number of methoxy groups -OCH3 is 6. The Morgan fingerprint density at radius 3 is 1.11 bits per heavy atom. The van der Waals surface area contributed by atoms with Gasteiger partial charge in [-0.1, -0.05) is 31.5 Å². The summed E-state index contributed by atoms with van der Waals surface area (Å²) in [7, 11) is 9.25. The van der Waals surface area contributed by atoms with E-state index in [1.165, 1.54) is 57.6 Å². The molecule has 11 N–H and O–H groups in total. The van der Waals surface area contributed by atoms with Crippen LogP contribution in [0.5, 0.6) is 28.7 Å². The van der Waals surface area contributed by atoms with Crippen molar-refractivity contribution in [1.29, 1.82) is 0 Å². The van der Waals surface area contributed by atoms with Gasteiger partial charge in [-0.2, -0.15) is 19.6 Å². The van der Waals surface area contributed by atoms with Gasteiger partial charge in [0.25, 0.3) is 6.47 Å². The Bertz CT molecular complexity index is 6760. The molecule has 5 aliphatic rings. The Hall–Kier alpha value is -17.5. The molecule has 9 aromatic heterocycles. The number of nitrogens with zero attached hydrogens (tertiary/aromatic N) is 19. The van der Waals surface area contributed by atoms with Gasteiger partial charge in [0.2, 0.25) is 17.7 Å². The standard InChI is InChI=1S/C19H20N6O4.C18H15ClN6O.C18H18N6O4.C18H16N6O.C17H19N5O2.CH2O2/c1-3-29-19(27)25-14-7-15(28-2)13(6-12(14)9-22-25)23-16-8-17(21-10-20-16)24-18(26)11-4-5-11;1-26-15-5-12-9-20-8-11(12)4-14(15)24-17-7-18(23-10-22-17)25-16-6-13(19)2-3-21-16;1-27-14-6-13-11(8-21-24(13)18(26)28-2)5-12(14)22-15-7-16(20-9-19-15)23-17(25)10-3-4-10;1-25-15-7-13-10-19-9-12(13)6-14(15)23-17-8-18(22-11-21-17)24-16-4-2-3-5-20-16;1-10(2)17(23)22-16-6-15(19-9-20-16)21-13-4-11-7-18-8-12(11)5-14(13)24-3;2-1-3/h6-11H,3-5H2,1-2H3,(H2,20,21,23,24,26);2-8,10H,9H2,1H3,(H2,21,22,23,24,25);5-10H,3-4H2,1-2H3,(H2,19,20,22,23,25);2-9,11H,10H2,1H3,(H2,20,21,22,23,24);4-7,9-10H,8H2,1-3H3,(H2,19,20,21,22,23);1H,(H,2,3). The molecule has 0 saturated heterocycles. The molecular weight excluding hydrogens is 1760 g/mol. The van der Waals surface area contributed by atoms with E-state index in [9.17, 15) is 24.0 Å². The third-order valence-corrected chi connectivity index (χ3v) is 20.4. The van der Waals surface area contributed by atoms with Gasteiger partial charge in [0.1, 0.15) is 130 Å². The van der Waals surface area contributed by atoms with Gasteiger partial charge >= 0.3 is 12.2 Å². The molecule has 3 aliphatic heterocycles. The number of fused-ring (bicyclic) bond motifs is 5. The molecule has 44 heteroatoms. The van der Waals surface area contributed by atoms with Crippen LogP contribution < -0.4 is 76.9 Å². The number of benzene rings is 5. The van der Waals surface area contributed by atoms with E-state index >= 15 is 0 Å². The van der Waals surface area contributed by atoms with Crippen LogP contribution in [-0.4, -0.2) is 189 Å². The average Bonchev–Trinajstić information content (AvgIpc) is 1.77. The topological polar surface area (TPSA) is 535 Å². The highest BCUT2D eigenvalue weighted by Crippen LogP contribution is 2.40. The van der Waals surface area contributed by atoms with Crippen LogP contribution in [0.25, 0.3) is 21.8 Å². The van der Waals surface area contributed by atoms with Crippen LogP contribution in [0.1, 0.15) is 79.8 Å². The number of amides is 3.